The standard InChI is InChI=1S/C19H24N2O3S/c1-4-12-20-19(22)15-8-7-9-16(13-15)25(23,24)21-18-11-6-5-10-17(18)14(2)3/h5-11,13-14,21H,4,12H2,1-3H3,(H,20,22). The van der Waals surface area contributed by atoms with Crippen LogP contribution >= 0.6 is 0 Å². The Kier molecular flexibility index (Phi) is 6.20. The fourth-order valence-electron chi connectivity index (χ4n) is 2.44. The lowest BCUT2D eigenvalue weighted by Crippen LogP contribution is -2.24. The van der Waals surface area contributed by atoms with E-state index < -0.39 is 10.0 Å². The highest BCUT2D eigenvalue weighted by Gasteiger charge is 2.18. The van der Waals surface area contributed by atoms with Crippen molar-refractivity contribution in [2.24, 2.45) is 0 Å². The van der Waals surface area contributed by atoms with E-state index in [9.17, 15) is 13.2 Å². The molecule has 0 aliphatic heterocycles. The number of hydrogen-bond donors (Lipinski definition) is 2. The second kappa shape index (κ2) is 8.16. The number of rotatable bonds is 7. The molecule has 2 aromatic carbocycles. The predicted octanol–water partition coefficient (Wildman–Crippen LogP) is 3.75. The quantitative estimate of drug-likeness (QED) is 0.789. The average molecular weight is 360 g/mol. The molecule has 2 rings (SSSR count). The van der Waals surface area contributed by atoms with Crippen LogP contribution in [0.1, 0.15) is 49.0 Å². The molecule has 0 atom stereocenters. The lowest BCUT2D eigenvalue weighted by atomic mass is 10.0. The molecule has 2 N–H and O–H groups in total. The number of anilines is 1. The van der Waals surface area contributed by atoms with Crippen molar-refractivity contribution in [1.82, 2.24) is 5.32 Å². The number of carbonyl (C=O) groups excluding carboxylic acids is 1. The fraction of sp³-hybridized carbons (Fsp3) is 0.316. The second-order valence-electron chi connectivity index (χ2n) is 6.13. The summed E-state index contributed by atoms with van der Waals surface area (Å²) in [5, 5.41) is 2.75. The summed E-state index contributed by atoms with van der Waals surface area (Å²) in [5.41, 5.74) is 1.80. The van der Waals surface area contributed by atoms with Gasteiger partial charge in [0, 0.05) is 12.1 Å². The van der Waals surface area contributed by atoms with Gasteiger partial charge in [0.2, 0.25) is 0 Å². The van der Waals surface area contributed by atoms with Gasteiger partial charge in [0.1, 0.15) is 0 Å². The van der Waals surface area contributed by atoms with Crippen molar-refractivity contribution in [2.75, 3.05) is 11.3 Å². The molecular weight excluding hydrogens is 336 g/mol. The minimum Gasteiger partial charge on any atom is -0.352 e. The zero-order valence-corrected chi connectivity index (χ0v) is 15.6. The van der Waals surface area contributed by atoms with Crippen LogP contribution in [0.3, 0.4) is 0 Å². The maximum absolute atomic E-state index is 12.7. The Labute approximate surface area is 149 Å². The van der Waals surface area contributed by atoms with Gasteiger partial charge in [-0.1, -0.05) is 45.0 Å². The first-order valence-electron chi connectivity index (χ1n) is 8.35. The van der Waals surface area contributed by atoms with Gasteiger partial charge in [0.15, 0.2) is 0 Å². The third kappa shape index (κ3) is 4.82. The molecule has 0 aromatic heterocycles. The minimum absolute atomic E-state index is 0.0650. The smallest absolute Gasteiger partial charge is 0.261 e. The van der Waals surface area contributed by atoms with Crippen LogP contribution in [0.4, 0.5) is 5.69 Å². The Hall–Kier alpha value is -2.34. The molecule has 0 aliphatic rings. The van der Waals surface area contributed by atoms with E-state index in [1.165, 1.54) is 12.1 Å². The monoisotopic (exact) mass is 360 g/mol. The van der Waals surface area contributed by atoms with Crippen molar-refractivity contribution in [3.63, 3.8) is 0 Å². The van der Waals surface area contributed by atoms with Crippen molar-refractivity contribution >= 4 is 21.6 Å². The van der Waals surface area contributed by atoms with E-state index in [2.05, 4.69) is 10.0 Å². The third-order valence-corrected chi connectivity index (χ3v) is 5.13. The number of hydrogen-bond acceptors (Lipinski definition) is 3. The fourth-order valence-corrected chi connectivity index (χ4v) is 3.58. The number of benzene rings is 2. The van der Waals surface area contributed by atoms with Gasteiger partial charge in [-0.3, -0.25) is 9.52 Å². The first kappa shape index (κ1) is 19.0. The van der Waals surface area contributed by atoms with Crippen LogP contribution in [0.2, 0.25) is 0 Å². The highest BCUT2D eigenvalue weighted by Crippen LogP contribution is 2.26. The summed E-state index contributed by atoms with van der Waals surface area (Å²) in [6.07, 6.45) is 0.817. The van der Waals surface area contributed by atoms with Crippen molar-refractivity contribution in [3.8, 4) is 0 Å². The van der Waals surface area contributed by atoms with Crippen LogP contribution in [0.15, 0.2) is 53.4 Å². The van der Waals surface area contributed by atoms with Crippen molar-refractivity contribution in [1.29, 1.82) is 0 Å². The highest BCUT2D eigenvalue weighted by molar-refractivity contribution is 7.92. The molecular formula is C19H24N2O3S. The van der Waals surface area contributed by atoms with Crippen molar-refractivity contribution in [3.05, 3.63) is 59.7 Å². The molecule has 0 heterocycles. The van der Waals surface area contributed by atoms with Gasteiger partial charge in [0.25, 0.3) is 15.9 Å². The summed E-state index contributed by atoms with van der Waals surface area (Å²) in [5.74, 6) is -0.0912. The molecule has 5 nitrogen and oxygen atoms in total. The Morgan fingerprint density at radius 2 is 1.80 bits per heavy atom. The highest BCUT2D eigenvalue weighted by atomic mass is 32.2. The lowest BCUT2D eigenvalue weighted by Gasteiger charge is -2.15. The van der Waals surface area contributed by atoms with Crippen molar-refractivity contribution in [2.45, 2.75) is 38.0 Å². The van der Waals surface area contributed by atoms with Gasteiger partial charge in [-0.15, -0.1) is 0 Å². The molecule has 2 aromatic rings. The molecule has 0 radical (unpaired) electrons. The van der Waals surface area contributed by atoms with Crippen LogP contribution in [0.25, 0.3) is 0 Å². The van der Waals surface area contributed by atoms with Crippen LogP contribution in [0, 0.1) is 0 Å². The molecule has 0 aliphatic carbocycles. The first-order valence-corrected chi connectivity index (χ1v) is 9.83. The molecule has 0 bridgehead atoms. The predicted molar refractivity (Wildman–Crippen MR) is 100 cm³/mol. The Morgan fingerprint density at radius 3 is 2.48 bits per heavy atom. The maximum Gasteiger partial charge on any atom is 0.261 e. The third-order valence-electron chi connectivity index (χ3n) is 3.77. The Balaban J connectivity index is 2.30. The summed E-state index contributed by atoms with van der Waals surface area (Å²) in [6.45, 7) is 6.52. The molecule has 0 unspecified atom stereocenters. The molecule has 0 spiro atoms. The number of carbonyl (C=O) groups is 1. The van der Waals surface area contributed by atoms with Gasteiger partial charge in [-0.05, 0) is 42.2 Å². The summed E-state index contributed by atoms with van der Waals surface area (Å²) >= 11 is 0. The average Bonchev–Trinajstić information content (AvgIpc) is 2.59. The molecule has 6 heteroatoms. The number of sulfonamides is 1. The Morgan fingerprint density at radius 1 is 1.08 bits per heavy atom. The van der Waals surface area contributed by atoms with E-state index in [4.69, 9.17) is 0 Å². The molecule has 0 fully saturated rings. The van der Waals surface area contributed by atoms with Gasteiger partial charge in [-0.2, -0.15) is 0 Å². The summed E-state index contributed by atoms with van der Waals surface area (Å²) in [7, 11) is -3.78. The van der Waals surface area contributed by atoms with Crippen LogP contribution < -0.4 is 10.0 Å². The van der Waals surface area contributed by atoms with E-state index in [0.29, 0.717) is 17.8 Å². The van der Waals surface area contributed by atoms with Crippen LogP contribution in [-0.4, -0.2) is 20.9 Å². The van der Waals surface area contributed by atoms with E-state index in [1.807, 2.05) is 32.9 Å². The second-order valence-corrected chi connectivity index (χ2v) is 7.81. The lowest BCUT2D eigenvalue weighted by molar-refractivity contribution is 0.0953. The first-order chi connectivity index (χ1) is 11.8. The molecule has 0 saturated carbocycles. The van der Waals surface area contributed by atoms with Gasteiger partial charge < -0.3 is 5.32 Å². The van der Waals surface area contributed by atoms with E-state index in [1.54, 1.807) is 24.3 Å². The molecule has 0 saturated heterocycles. The maximum atomic E-state index is 12.7. The number of amides is 1. The Bertz CT molecular complexity index is 845. The zero-order valence-electron chi connectivity index (χ0n) is 14.7. The largest absolute Gasteiger partial charge is 0.352 e. The molecule has 1 amide bonds. The van der Waals surface area contributed by atoms with Crippen molar-refractivity contribution < 1.29 is 13.2 Å². The topological polar surface area (TPSA) is 75.3 Å². The van der Waals surface area contributed by atoms with E-state index >= 15 is 0 Å². The molecule has 25 heavy (non-hydrogen) atoms. The van der Waals surface area contributed by atoms with E-state index in [-0.39, 0.29) is 16.7 Å². The number of nitrogens with one attached hydrogen (secondary N) is 2. The SMILES string of the molecule is CCCNC(=O)c1cccc(S(=O)(=O)Nc2ccccc2C(C)C)c1. The van der Waals surface area contributed by atoms with Gasteiger partial charge in [0.05, 0.1) is 10.6 Å². The summed E-state index contributed by atoms with van der Waals surface area (Å²) in [6, 6.07) is 13.4. The van der Waals surface area contributed by atoms with E-state index in [0.717, 1.165) is 12.0 Å². The molecule has 134 valence electrons. The van der Waals surface area contributed by atoms with Gasteiger partial charge in [-0.25, -0.2) is 8.42 Å². The summed E-state index contributed by atoms with van der Waals surface area (Å²) < 4.78 is 28.1. The van der Waals surface area contributed by atoms with Crippen LogP contribution in [-0.2, 0) is 10.0 Å². The number of para-hydroxylation sites is 1. The van der Waals surface area contributed by atoms with Gasteiger partial charge >= 0.3 is 0 Å². The normalized spacial score (nSPS) is 11.4. The summed E-state index contributed by atoms with van der Waals surface area (Å²) in [4.78, 5) is 12.1. The minimum atomic E-state index is -3.78. The zero-order chi connectivity index (χ0) is 18.4. The van der Waals surface area contributed by atoms with Crippen LogP contribution in [0.5, 0.6) is 0 Å².